The van der Waals surface area contributed by atoms with Crippen LogP contribution in [-0.4, -0.2) is 30.6 Å². The normalized spacial score (nSPS) is 12.4. The zero-order chi connectivity index (χ0) is 12.9. The van der Waals surface area contributed by atoms with Gasteiger partial charge in [-0.3, -0.25) is 4.90 Å². The van der Waals surface area contributed by atoms with Gasteiger partial charge in [-0.15, -0.1) is 11.3 Å². The summed E-state index contributed by atoms with van der Waals surface area (Å²) in [7, 11) is 2.21. The second kappa shape index (κ2) is 6.53. The predicted molar refractivity (Wildman–Crippen MR) is 77.8 cm³/mol. The molecule has 1 N–H and O–H groups in total. The first kappa shape index (κ1) is 14.7. The third-order valence-corrected chi connectivity index (χ3v) is 4.62. The van der Waals surface area contributed by atoms with Gasteiger partial charge in [0.15, 0.2) is 0 Å². The summed E-state index contributed by atoms with van der Waals surface area (Å²) in [4.78, 5) is 5.26. The van der Waals surface area contributed by atoms with Crippen molar-refractivity contribution in [2.24, 2.45) is 0 Å². The molecule has 1 aromatic rings. The monoisotopic (exact) mass is 254 g/mol. The van der Waals surface area contributed by atoms with Gasteiger partial charge in [-0.25, -0.2) is 0 Å². The molecule has 0 fully saturated rings. The van der Waals surface area contributed by atoms with Gasteiger partial charge in [-0.2, -0.15) is 0 Å². The Kier molecular flexibility index (Phi) is 5.63. The first-order valence-electron chi connectivity index (χ1n) is 6.43. The van der Waals surface area contributed by atoms with Crippen molar-refractivity contribution in [3.8, 4) is 0 Å². The fourth-order valence-corrected chi connectivity index (χ4v) is 2.47. The highest BCUT2D eigenvalue weighted by molar-refractivity contribution is 7.11. The molecule has 0 amide bonds. The Morgan fingerprint density at radius 2 is 2.06 bits per heavy atom. The van der Waals surface area contributed by atoms with Crippen LogP contribution in [0.15, 0.2) is 12.1 Å². The lowest BCUT2D eigenvalue weighted by atomic mass is 10.0. The van der Waals surface area contributed by atoms with Gasteiger partial charge in [-0.05, 0) is 46.4 Å². The maximum Gasteiger partial charge on any atom is 0.0300 e. The van der Waals surface area contributed by atoms with Gasteiger partial charge < -0.3 is 5.32 Å². The Morgan fingerprint density at radius 1 is 1.35 bits per heavy atom. The van der Waals surface area contributed by atoms with E-state index in [1.807, 2.05) is 11.3 Å². The molecule has 0 unspecified atom stereocenters. The summed E-state index contributed by atoms with van der Waals surface area (Å²) >= 11 is 1.88. The molecule has 0 radical (unpaired) electrons. The van der Waals surface area contributed by atoms with E-state index in [1.165, 1.54) is 16.2 Å². The fraction of sp³-hybridized carbons (Fsp3) is 0.714. The first-order valence-corrected chi connectivity index (χ1v) is 7.24. The predicted octanol–water partition coefficient (Wildman–Crippen LogP) is 3.27. The zero-order valence-electron chi connectivity index (χ0n) is 11.8. The van der Waals surface area contributed by atoms with Gasteiger partial charge in [0.1, 0.15) is 0 Å². The van der Waals surface area contributed by atoms with Crippen LogP contribution in [0, 0.1) is 6.92 Å². The highest BCUT2D eigenvalue weighted by Crippen LogP contribution is 2.16. The molecule has 0 aliphatic carbocycles. The molecule has 0 aliphatic rings. The number of rotatable bonds is 7. The standard InChI is InChI=1S/C14H26N2S/c1-6-14(3,4)16(5)10-9-15-11-13-8-7-12(2)17-13/h7-8,15H,6,9-11H2,1-5H3. The minimum Gasteiger partial charge on any atom is -0.311 e. The van der Waals surface area contributed by atoms with Crippen LogP contribution < -0.4 is 5.32 Å². The molecule has 1 aromatic heterocycles. The van der Waals surface area contributed by atoms with Crippen molar-refractivity contribution in [1.29, 1.82) is 0 Å². The Bertz CT molecular complexity index is 331. The number of aryl methyl sites for hydroxylation is 1. The molecule has 17 heavy (non-hydrogen) atoms. The summed E-state index contributed by atoms with van der Waals surface area (Å²) in [6, 6.07) is 4.40. The van der Waals surface area contributed by atoms with Crippen molar-refractivity contribution in [3.05, 3.63) is 21.9 Å². The average Bonchev–Trinajstić information content (AvgIpc) is 2.70. The largest absolute Gasteiger partial charge is 0.311 e. The molecule has 0 atom stereocenters. The van der Waals surface area contributed by atoms with Crippen LogP contribution in [0.2, 0.25) is 0 Å². The summed E-state index contributed by atoms with van der Waals surface area (Å²) in [5.74, 6) is 0. The Labute approximate surface area is 110 Å². The number of hydrogen-bond donors (Lipinski definition) is 1. The van der Waals surface area contributed by atoms with E-state index < -0.39 is 0 Å². The van der Waals surface area contributed by atoms with Crippen molar-refractivity contribution in [1.82, 2.24) is 10.2 Å². The lowest BCUT2D eigenvalue weighted by molar-refractivity contribution is 0.152. The van der Waals surface area contributed by atoms with E-state index in [0.717, 1.165) is 19.6 Å². The van der Waals surface area contributed by atoms with Crippen molar-refractivity contribution < 1.29 is 0 Å². The van der Waals surface area contributed by atoms with E-state index in [4.69, 9.17) is 0 Å². The Morgan fingerprint density at radius 3 is 2.59 bits per heavy atom. The molecule has 0 saturated heterocycles. The number of thiophene rings is 1. The molecule has 0 aromatic carbocycles. The van der Waals surface area contributed by atoms with Crippen molar-refractivity contribution >= 4 is 11.3 Å². The van der Waals surface area contributed by atoms with Crippen molar-refractivity contribution in [2.75, 3.05) is 20.1 Å². The first-order chi connectivity index (χ1) is 7.95. The second-order valence-corrected chi connectivity index (χ2v) is 6.65. The van der Waals surface area contributed by atoms with Crippen LogP contribution in [0.25, 0.3) is 0 Å². The summed E-state index contributed by atoms with van der Waals surface area (Å²) in [5, 5.41) is 3.51. The molecule has 2 nitrogen and oxygen atoms in total. The highest BCUT2D eigenvalue weighted by atomic mass is 32.1. The Balaban J connectivity index is 2.20. The van der Waals surface area contributed by atoms with E-state index in [0.29, 0.717) is 5.54 Å². The molecular formula is C14H26N2S. The molecule has 0 bridgehead atoms. The highest BCUT2D eigenvalue weighted by Gasteiger charge is 2.19. The van der Waals surface area contributed by atoms with Gasteiger partial charge in [0.25, 0.3) is 0 Å². The fourth-order valence-electron chi connectivity index (χ4n) is 1.61. The van der Waals surface area contributed by atoms with E-state index in [2.05, 4.69) is 57.1 Å². The molecule has 0 saturated carbocycles. The number of nitrogens with zero attached hydrogens (tertiary/aromatic N) is 1. The van der Waals surface area contributed by atoms with E-state index in [-0.39, 0.29) is 0 Å². The number of likely N-dealkylation sites (N-methyl/N-ethyl adjacent to an activating group) is 1. The number of nitrogens with one attached hydrogen (secondary N) is 1. The minimum atomic E-state index is 0.307. The lowest BCUT2D eigenvalue weighted by Gasteiger charge is -2.34. The van der Waals surface area contributed by atoms with Crippen LogP contribution in [-0.2, 0) is 6.54 Å². The van der Waals surface area contributed by atoms with E-state index >= 15 is 0 Å². The third kappa shape index (κ3) is 4.78. The van der Waals surface area contributed by atoms with Crippen LogP contribution in [0.1, 0.15) is 36.9 Å². The summed E-state index contributed by atoms with van der Waals surface area (Å²) < 4.78 is 0. The average molecular weight is 254 g/mol. The maximum absolute atomic E-state index is 3.51. The molecular weight excluding hydrogens is 228 g/mol. The Hall–Kier alpha value is -0.380. The zero-order valence-corrected chi connectivity index (χ0v) is 12.7. The third-order valence-electron chi connectivity index (χ3n) is 3.62. The number of hydrogen-bond acceptors (Lipinski definition) is 3. The second-order valence-electron chi connectivity index (χ2n) is 5.28. The summed E-state index contributed by atoms with van der Waals surface area (Å²) in [6.45, 7) is 12.2. The summed E-state index contributed by atoms with van der Waals surface area (Å²) in [5.41, 5.74) is 0.307. The van der Waals surface area contributed by atoms with Crippen molar-refractivity contribution in [2.45, 2.75) is 46.2 Å². The van der Waals surface area contributed by atoms with Gasteiger partial charge in [0, 0.05) is 34.9 Å². The van der Waals surface area contributed by atoms with E-state index in [1.54, 1.807) is 0 Å². The van der Waals surface area contributed by atoms with Gasteiger partial charge in [0.2, 0.25) is 0 Å². The summed E-state index contributed by atoms with van der Waals surface area (Å²) in [6.07, 6.45) is 1.19. The molecule has 3 heteroatoms. The van der Waals surface area contributed by atoms with Crippen LogP contribution >= 0.6 is 11.3 Å². The molecule has 1 heterocycles. The minimum absolute atomic E-state index is 0.307. The maximum atomic E-state index is 3.51. The van der Waals surface area contributed by atoms with Crippen molar-refractivity contribution in [3.63, 3.8) is 0 Å². The molecule has 0 aliphatic heterocycles. The topological polar surface area (TPSA) is 15.3 Å². The quantitative estimate of drug-likeness (QED) is 0.751. The van der Waals surface area contributed by atoms with Gasteiger partial charge in [0.05, 0.1) is 0 Å². The van der Waals surface area contributed by atoms with E-state index in [9.17, 15) is 0 Å². The molecule has 1 rings (SSSR count). The SMILES string of the molecule is CCC(C)(C)N(C)CCNCc1ccc(C)s1. The van der Waals surface area contributed by atoms with Gasteiger partial charge in [-0.1, -0.05) is 6.92 Å². The van der Waals surface area contributed by atoms with Crippen LogP contribution in [0.3, 0.4) is 0 Å². The van der Waals surface area contributed by atoms with Crippen LogP contribution in [0.4, 0.5) is 0 Å². The molecule has 98 valence electrons. The smallest absolute Gasteiger partial charge is 0.0300 e. The van der Waals surface area contributed by atoms with Gasteiger partial charge >= 0.3 is 0 Å². The molecule has 0 spiro atoms. The lowest BCUT2D eigenvalue weighted by Crippen LogP contribution is -2.43. The van der Waals surface area contributed by atoms with Crippen LogP contribution in [0.5, 0.6) is 0 Å².